The Hall–Kier alpha value is -2.24. The summed E-state index contributed by atoms with van der Waals surface area (Å²) in [5, 5.41) is 3.54. The van der Waals surface area contributed by atoms with E-state index in [2.05, 4.69) is 5.32 Å². The molecule has 7 heteroatoms. The molecule has 5 nitrogen and oxygen atoms in total. The van der Waals surface area contributed by atoms with Crippen LogP contribution in [-0.4, -0.2) is 36.9 Å². The van der Waals surface area contributed by atoms with Crippen molar-refractivity contribution in [2.24, 2.45) is 11.8 Å². The molecule has 0 unspecified atom stereocenters. The average Bonchev–Trinajstić information content (AvgIpc) is 2.78. The van der Waals surface area contributed by atoms with Gasteiger partial charge in [0.05, 0.1) is 23.3 Å². The van der Waals surface area contributed by atoms with E-state index in [0.717, 1.165) is 25.4 Å². The SMILES string of the molecule is COc1cc(NC(=O)c2ccc(Cl)cc2Cl)ccc1C(=O)N1CC[C@H]2CCCC[C@H]2C1. The normalized spacial score (nSPS) is 20.7. The molecule has 1 aliphatic carbocycles. The van der Waals surface area contributed by atoms with E-state index in [1.807, 2.05) is 4.90 Å². The van der Waals surface area contributed by atoms with Gasteiger partial charge < -0.3 is 15.0 Å². The molecule has 1 N–H and O–H groups in total. The highest BCUT2D eigenvalue weighted by atomic mass is 35.5. The van der Waals surface area contributed by atoms with E-state index in [0.29, 0.717) is 33.5 Å². The first-order valence-corrected chi connectivity index (χ1v) is 11.5. The molecule has 4 rings (SSSR count). The van der Waals surface area contributed by atoms with Crippen molar-refractivity contribution in [1.29, 1.82) is 0 Å². The number of anilines is 1. The predicted molar refractivity (Wildman–Crippen MR) is 123 cm³/mol. The summed E-state index contributed by atoms with van der Waals surface area (Å²) in [6.07, 6.45) is 6.16. The second-order valence-electron chi connectivity index (χ2n) is 8.34. The third-order valence-electron chi connectivity index (χ3n) is 6.44. The first kappa shape index (κ1) is 22.0. The Morgan fingerprint density at radius 2 is 1.74 bits per heavy atom. The minimum Gasteiger partial charge on any atom is -0.496 e. The zero-order valence-electron chi connectivity index (χ0n) is 17.5. The first-order chi connectivity index (χ1) is 15.0. The van der Waals surface area contributed by atoms with Gasteiger partial charge in [-0.2, -0.15) is 0 Å². The van der Waals surface area contributed by atoms with Gasteiger partial charge in [-0.25, -0.2) is 0 Å². The van der Waals surface area contributed by atoms with Crippen LogP contribution in [-0.2, 0) is 0 Å². The van der Waals surface area contributed by atoms with E-state index in [1.165, 1.54) is 38.9 Å². The first-order valence-electron chi connectivity index (χ1n) is 10.7. The number of likely N-dealkylation sites (tertiary alicyclic amines) is 1. The molecule has 0 spiro atoms. The van der Waals surface area contributed by atoms with Crippen molar-refractivity contribution in [2.45, 2.75) is 32.1 Å². The zero-order valence-corrected chi connectivity index (χ0v) is 19.0. The minimum atomic E-state index is -0.359. The third-order valence-corrected chi connectivity index (χ3v) is 6.99. The van der Waals surface area contributed by atoms with Gasteiger partial charge in [0.2, 0.25) is 0 Å². The Bertz CT molecular complexity index is 995. The van der Waals surface area contributed by atoms with Crippen molar-refractivity contribution in [3.63, 3.8) is 0 Å². The highest BCUT2D eigenvalue weighted by Gasteiger charge is 2.34. The van der Waals surface area contributed by atoms with Crippen LogP contribution in [0.2, 0.25) is 10.0 Å². The summed E-state index contributed by atoms with van der Waals surface area (Å²) in [4.78, 5) is 27.8. The van der Waals surface area contributed by atoms with Gasteiger partial charge in [-0.15, -0.1) is 0 Å². The van der Waals surface area contributed by atoms with E-state index in [-0.39, 0.29) is 16.8 Å². The van der Waals surface area contributed by atoms with Gasteiger partial charge in [-0.3, -0.25) is 9.59 Å². The van der Waals surface area contributed by atoms with Crippen LogP contribution < -0.4 is 10.1 Å². The van der Waals surface area contributed by atoms with Crippen LogP contribution in [0.1, 0.15) is 52.8 Å². The molecule has 0 aromatic heterocycles. The van der Waals surface area contributed by atoms with Crippen molar-refractivity contribution in [3.8, 4) is 5.75 Å². The molecule has 2 aromatic carbocycles. The Morgan fingerprint density at radius 3 is 2.48 bits per heavy atom. The Morgan fingerprint density at radius 1 is 1.00 bits per heavy atom. The van der Waals surface area contributed by atoms with Crippen molar-refractivity contribution in [2.75, 3.05) is 25.5 Å². The smallest absolute Gasteiger partial charge is 0.257 e. The fourth-order valence-corrected chi connectivity index (χ4v) is 5.27. The lowest BCUT2D eigenvalue weighted by molar-refractivity contribution is 0.0518. The number of rotatable bonds is 4. The van der Waals surface area contributed by atoms with Gasteiger partial charge in [0.15, 0.2) is 0 Å². The average molecular weight is 461 g/mol. The van der Waals surface area contributed by atoms with Crippen LogP contribution in [0.3, 0.4) is 0 Å². The summed E-state index contributed by atoms with van der Waals surface area (Å²) in [6.45, 7) is 1.61. The summed E-state index contributed by atoms with van der Waals surface area (Å²) < 4.78 is 5.49. The molecule has 2 atom stereocenters. The number of carbonyl (C=O) groups is 2. The third kappa shape index (κ3) is 4.83. The van der Waals surface area contributed by atoms with E-state index in [9.17, 15) is 9.59 Å². The monoisotopic (exact) mass is 460 g/mol. The fraction of sp³-hybridized carbons (Fsp3) is 0.417. The summed E-state index contributed by atoms with van der Waals surface area (Å²) in [5.41, 5.74) is 1.36. The molecule has 1 aliphatic heterocycles. The maximum absolute atomic E-state index is 13.2. The molecule has 2 fully saturated rings. The van der Waals surface area contributed by atoms with E-state index >= 15 is 0 Å². The van der Waals surface area contributed by atoms with Gasteiger partial charge in [-0.1, -0.05) is 42.5 Å². The standard InChI is InChI=1S/C24H26Cl2N2O3/c1-31-22-13-18(27-23(29)19-8-6-17(25)12-21(19)26)7-9-20(22)24(30)28-11-10-15-4-2-3-5-16(15)14-28/h6-9,12-13,15-16H,2-5,10-11,14H2,1H3,(H,27,29)/t15-,16+/m1/s1. The minimum absolute atomic E-state index is 0.0144. The van der Waals surface area contributed by atoms with Gasteiger partial charge in [0.1, 0.15) is 5.75 Å². The van der Waals surface area contributed by atoms with Crippen LogP contribution >= 0.6 is 23.2 Å². The number of benzene rings is 2. The maximum Gasteiger partial charge on any atom is 0.257 e. The molecular formula is C24H26Cl2N2O3. The quantitative estimate of drug-likeness (QED) is 0.616. The number of methoxy groups -OCH3 is 1. The number of amides is 2. The van der Waals surface area contributed by atoms with Gasteiger partial charge in [0.25, 0.3) is 11.8 Å². The number of fused-ring (bicyclic) bond motifs is 1. The predicted octanol–water partition coefficient (Wildman–Crippen LogP) is 5.91. The maximum atomic E-state index is 13.2. The van der Waals surface area contributed by atoms with E-state index in [1.54, 1.807) is 30.3 Å². The lowest BCUT2D eigenvalue weighted by Gasteiger charge is -2.41. The zero-order chi connectivity index (χ0) is 22.0. The lowest BCUT2D eigenvalue weighted by Crippen LogP contribution is -2.44. The van der Waals surface area contributed by atoms with Crippen molar-refractivity contribution in [3.05, 3.63) is 57.6 Å². The molecule has 1 saturated heterocycles. The number of nitrogens with zero attached hydrogens (tertiary/aromatic N) is 1. The largest absolute Gasteiger partial charge is 0.496 e. The molecule has 2 amide bonds. The number of hydrogen-bond acceptors (Lipinski definition) is 3. The van der Waals surface area contributed by atoms with E-state index in [4.69, 9.17) is 27.9 Å². The highest BCUT2D eigenvalue weighted by molar-refractivity contribution is 6.37. The number of piperidine rings is 1. The number of hydrogen-bond donors (Lipinski definition) is 1. The van der Waals surface area contributed by atoms with Gasteiger partial charge in [0, 0.05) is 29.9 Å². The topological polar surface area (TPSA) is 58.6 Å². The summed E-state index contributed by atoms with van der Waals surface area (Å²) >= 11 is 12.0. The second-order valence-corrected chi connectivity index (χ2v) is 9.18. The number of nitrogens with one attached hydrogen (secondary N) is 1. The molecular weight excluding hydrogens is 435 g/mol. The van der Waals surface area contributed by atoms with E-state index < -0.39 is 0 Å². The fourth-order valence-electron chi connectivity index (χ4n) is 4.77. The Balaban J connectivity index is 1.48. The van der Waals surface area contributed by atoms with Crippen molar-refractivity contribution in [1.82, 2.24) is 4.90 Å². The number of carbonyl (C=O) groups excluding carboxylic acids is 2. The molecule has 2 aliphatic rings. The van der Waals surface area contributed by atoms with Crippen LogP contribution in [0.15, 0.2) is 36.4 Å². The molecule has 164 valence electrons. The van der Waals surface area contributed by atoms with Crippen molar-refractivity contribution >= 4 is 40.7 Å². The van der Waals surface area contributed by atoms with Crippen LogP contribution in [0.5, 0.6) is 5.75 Å². The van der Waals surface area contributed by atoms with Crippen LogP contribution in [0.4, 0.5) is 5.69 Å². The summed E-state index contributed by atoms with van der Waals surface area (Å²) in [7, 11) is 1.53. The lowest BCUT2D eigenvalue weighted by atomic mass is 9.75. The van der Waals surface area contributed by atoms with Crippen molar-refractivity contribution < 1.29 is 14.3 Å². The molecule has 0 radical (unpaired) electrons. The molecule has 0 bridgehead atoms. The molecule has 1 heterocycles. The molecule has 2 aromatic rings. The molecule has 1 saturated carbocycles. The van der Waals surface area contributed by atoms with Crippen LogP contribution in [0.25, 0.3) is 0 Å². The molecule has 31 heavy (non-hydrogen) atoms. The summed E-state index contributed by atoms with van der Waals surface area (Å²) in [5.74, 6) is 1.44. The Kier molecular flexibility index (Phi) is 6.73. The summed E-state index contributed by atoms with van der Waals surface area (Å²) in [6, 6.07) is 9.81. The number of halogens is 2. The second kappa shape index (κ2) is 9.49. The van der Waals surface area contributed by atoms with Crippen LogP contribution in [0, 0.1) is 11.8 Å². The van der Waals surface area contributed by atoms with Gasteiger partial charge >= 0.3 is 0 Å². The Labute approximate surface area is 192 Å². The highest BCUT2D eigenvalue weighted by Crippen LogP contribution is 2.37. The number of ether oxygens (including phenoxy) is 1. The van der Waals surface area contributed by atoms with Gasteiger partial charge in [-0.05, 0) is 55.0 Å².